The maximum Gasteiger partial charge on any atom is 0.335 e. The standard InChI is InChI=1S/C21H20N2O6/c1-4-29-15-8-6-14(7-9-15)23-20(25)16(19(24)22-21(23)26)11-13-5-10-17(27-2)18(12-13)28-3/h5-12H,4H2,1-3H3,(H,22,24,26). The van der Waals surface area contributed by atoms with Crippen molar-refractivity contribution in [3.05, 3.63) is 53.6 Å². The van der Waals surface area contributed by atoms with Crippen LogP contribution in [0.15, 0.2) is 48.0 Å². The van der Waals surface area contributed by atoms with Crippen LogP contribution < -0.4 is 24.4 Å². The molecule has 2 aromatic rings. The molecular weight excluding hydrogens is 376 g/mol. The Kier molecular flexibility index (Phi) is 5.82. The number of methoxy groups -OCH3 is 2. The minimum absolute atomic E-state index is 0.175. The fourth-order valence-electron chi connectivity index (χ4n) is 2.86. The molecule has 2 aromatic carbocycles. The Morgan fingerprint density at radius 3 is 2.28 bits per heavy atom. The van der Waals surface area contributed by atoms with Gasteiger partial charge in [0.1, 0.15) is 11.3 Å². The minimum atomic E-state index is -0.811. The van der Waals surface area contributed by atoms with Crippen molar-refractivity contribution in [1.82, 2.24) is 5.32 Å². The second kappa shape index (κ2) is 8.47. The molecule has 1 fully saturated rings. The van der Waals surface area contributed by atoms with E-state index >= 15 is 0 Å². The second-order valence-electron chi connectivity index (χ2n) is 6.00. The van der Waals surface area contributed by atoms with Crippen LogP contribution in [-0.4, -0.2) is 38.7 Å². The number of nitrogens with zero attached hydrogens (tertiary/aromatic N) is 1. The largest absolute Gasteiger partial charge is 0.494 e. The Balaban J connectivity index is 1.95. The number of amides is 4. The average Bonchev–Trinajstić information content (AvgIpc) is 2.72. The molecule has 3 rings (SSSR count). The van der Waals surface area contributed by atoms with Crippen LogP contribution in [-0.2, 0) is 9.59 Å². The summed E-state index contributed by atoms with van der Waals surface area (Å²) in [4.78, 5) is 38.4. The molecule has 0 saturated carbocycles. The van der Waals surface area contributed by atoms with Gasteiger partial charge in [0.05, 0.1) is 26.5 Å². The number of hydrogen-bond acceptors (Lipinski definition) is 6. The van der Waals surface area contributed by atoms with Gasteiger partial charge in [-0.05, 0) is 55.0 Å². The topological polar surface area (TPSA) is 94.2 Å². The number of carbonyl (C=O) groups excluding carboxylic acids is 3. The summed E-state index contributed by atoms with van der Waals surface area (Å²) in [7, 11) is 2.99. The van der Waals surface area contributed by atoms with Crippen molar-refractivity contribution in [2.45, 2.75) is 6.92 Å². The van der Waals surface area contributed by atoms with E-state index in [1.807, 2.05) is 6.92 Å². The van der Waals surface area contributed by atoms with Crippen LogP contribution in [0.3, 0.4) is 0 Å². The summed E-state index contributed by atoms with van der Waals surface area (Å²) >= 11 is 0. The Morgan fingerprint density at radius 2 is 1.66 bits per heavy atom. The summed E-state index contributed by atoms with van der Waals surface area (Å²) in [5, 5.41) is 2.19. The van der Waals surface area contributed by atoms with Crippen LogP contribution in [0.4, 0.5) is 10.5 Å². The number of urea groups is 1. The van der Waals surface area contributed by atoms with E-state index in [2.05, 4.69) is 5.32 Å². The van der Waals surface area contributed by atoms with Crippen LogP contribution in [0.25, 0.3) is 6.08 Å². The zero-order valence-electron chi connectivity index (χ0n) is 16.2. The Morgan fingerprint density at radius 1 is 0.966 bits per heavy atom. The molecule has 8 nitrogen and oxygen atoms in total. The van der Waals surface area contributed by atoms with Crippen LogP contribution >= 0.6 is 0 Å². The lowest BCUT2D eigenvalue weighted by Crippen LogP contribution is -2.54. The van der Waals surface area contributed by atoms with Crippen molar-refractivity contribution in [3.8, 4) is 17.2 Å². The van der Waals surface area contributed by atoms with Gasteiger partial charge in [-0.15, -0.1) is 0 Å². The van der Waals surface area contributed by atoms with Crippen molar-refractivity contribution in [1.29, 1.82) is 0 Å². The summed E-state index contributed by atoms with van der Waals surface area (Å²) in [5.74, 6) is 0.0816. The molecule has 0 radical (unpaired) electrons. The Hall–Kier alpha value is -3.81. The number of anilines is 1. The van der Waals surface area contributed by atoms with E-state index in [0.29, 0.717) is 35.1 Å². The fraction of sp³-hybridized carbons (Fsp3) is 0.190. The lowest BCUT2D eigenvalue weighted by molar-refractivity contribution is -0.122. The molecule has 0 aliphatic carbocycles. The maximum absolute atomic E-state index is 12.9. The third-order valence-electron chi connectivity index (χ3n) is 4.23. The first-order valence-corrected chi connectivity index (χ1v) is 8.84. The van der Waals surface area contributed by atoms with E-state index in [4.69, 9.17) is 14.2 Å². The summed E-state index contributed by atoms with van der Waals surface area (Å²) < 4.78 is 15.8. The van der Waals surface area contributed by atoms with Crippen molar-refractivity contribution in [2.24, 2.45) is 0 Å². The highest BCUT2D eigenvalue weighted by atomic mass is 16.5. The van der Waals surface area contributed by atoms with E-state index in [-0.39, 0.29) is 5.57 Å². The number of barbiturate groups is 1. The van der Waals surface area contributed by atoms with Gasteiger partial charge >= 0.3 is 6.03 Å². The predicted octanol–water partition coefficient (Wildman–Crippen LogP) is 2.77. The number of rotatable bonds is 6. The second-order valence-corrected chi connectivity index (χ2v) is 6.00. The molecule has 1 aliphatic rings. The molecule has 29 heavy (non-hydrogen) atoms. The van der Waals surface area contributed by atoms with Gasteiger partial charge < -0.3 is 14.2 Å². The highest BCUT2D eigenvalue weighted by Gasteiger charge is 2.36. The molecule has 0 bridgehead atoms. The minimum Gasteiger partial charge on any atom is -0.494 e. The third-order valence-corrected chi connectivity index (χ3v) is 4.23. The van der Waals surface area contributed by atoms with Gasteiger partial charge in [0.25, 0.3) is 11.8 Å². The summed E-state index contributed by atoms with van der Waals surface area (Å²) in [6.07, 6.45) is 1.40. The SMILES string of the molecule is CCOc1ccc(N2C(=O)NC(=O)C(=Cc3ccc(OC)c(OC)c3)C2=O)cc1. The molecule has 0 spiro atoms. The molecule has 0 atom stereocenters. The molecule has 150 valence electrons. The van der Waals surface area contributed by atoms with E-state index in [9.17, 15) is 14.4 Å². The maximum atomic E-state index is 12.9. The zero-order chi connectivity index (χ0) is 21.0. The van der Waals surface area contributed by atoms with Crippen molar-refractivity contribution in [2.75, 3.05) is 25.7 Å². The van der Waals surface area contributed by atoms with Gasteiger partial charge in [0.2, 0.25) is 0 Å². The predicted molar refractivity (Wildman–Crippen MR) is 106 cm³/mol. The molecule has 8 heteroatoms. The van der Waals surface area contributed by atoms with Crippen LogP contribution in [0.2, 0.25) is 0 Å². The van der Waals surface area contributed by atoms with Crippen molar-refractivity contribution < 1.29 is 28.6 Å². The number of carbonyl (C=O) groups is 3. The molecule has 0 unspecified atom stereocenters. The first-order chi connectivity index (χ1) is 14.0. The van der Waals surface area contributed by atoms with Crippen molar-refractivity contribution >= 4 is 29.6 Å². The van der Waals surface area contributed by atoms with Gasteiger partial charge in [-0.3, -0.25) is 14.9 Å². The van der Waals surface area contributed by atoms with Gasteiger partial charge in [0, 0.05) is 0 Å². The number of hydrogen-bond donors (Lipinski definition) is 1. The summed E-state index contributed by atoms with van der Waals surface area (Å²) in [6.45, 7) is 2.35. The zero-order valence-corrected chi connectivity index (χ0v) is 16.2. The van der Waals surface area contributed by atoms with E-state index < -0.39 is 17.8 Å². The van der Waals surface area contributed by atoms with Crippen molar-refractivity contribution in [3.63, 3.8) is 0 Å². The molecule has 1 saturated heterocycles. The molecule has 1 aliphatic heterocycles. The highest BCUT2D eigenvalue weighted by molar-refractivity contribution is 6.39. The molecule has 1 heterocycles. The van der Waals surface area contributed by atoms with E-state index in [0.717, 1.165) is 4.90 Å². The normalized spacial score (nSPS) is 15.3. The average molecular weight is 396 g/mol. The number of nitrogens with one attached hydrogen (secondary N) is 1. The lowest BCUT2D eigenvalue weighted by Gasteiger charge is -2.26. The highest BCUT2D eigenvalue weighted by Crippen LogP contribution is 2.29. The van der Waals surface area contributed by atoms with Gasteiger partial charge in [-0.1, -0.05) is 6.07 Å². The lowest BCUT2D eigenvalue weighted by atomic mass is 10.1. The van der Waals surface area contributed by atoms with Crippen LogP contribution in [0.1, 0.15) is 12.5 Å². The summed E-state index contributed by atoms with van der Waals surface area (Å²) in [6, 6.07) is 10.6. The van der Waals surface area contributed by atoms with Crippen LogP contribution in [0, 0.1) is 0 Å². The number of benzene rings is 2. The van der Waals surface area contributed by atoms with Gasteiger partial charge in [-0.2, -0.15) is 0 Å². The quantitative estimate of drug-likeness (QED) is 0.596. The van der Waals surface area contributed by atoms with Crippen LogP contribution in [0.5, 0.6) is 17.2 Å². The first-order valence-electron chi connectivity index (χ1n) is 8.84. The van der Waals surface area contributed by atoms with E-state index in [1.165, 1.54) is 20.3 Å². The monoisotopic (exact) mass is 396 g/mol. The smallest absolute Gasteiger partial charge is 0.335 e. The Labute approximate surface area is 167 Å². The van der Waals surface area contributed by atoms with E-state index in [1.54, 1.807) is 42.5 Å². The van der Waals surface area contributed by atoms with Gasteiger partial charge in [-0.25, -0.2) is 9.69 Å². The molecule has 4 amide bonds. The van der Waals surface area contributed by atoms with Gasteiger partial charge in [0.15, 0.2) is 11.5 Å². The number of ether oxygens (including phenoxy) is 3. The molecule has 0 aromatic heterocycles. The Bertz CT molecular complexity index is 981. The molecular formula is C21H20N2O6. The summed E-state index contributed by atoms with van der Waals surface area (Å²) in [5.41, 5.74) is 0.689. The number of imide groups is 2. The first kappa shape index (κ1) is 19.9. The third kappa shape index (κ3) is 4.06. The molecule has 1 N–H and O–H groups in total. The fourth-order valence-corrected chi connectivity index (χ4v) is 2.86.